The second-order valence-electron chi connectivity index (χ2n) is 4.65. The van der Waals surface area contributed by atoms with Gasteiger partial charge in [0.2, 0.25) is 0 Å². The van der Waals surface area contributed by atoms with Gasteiger partial charge in [-0.1, -0.05) is 22.0 Å². The highest BCUT2D eigenvalue weighted by Gasteiger charge is 2.26. The van der Waals surface area contributed by atoms with Crippen molar-refractivity contribution in [2.45, 2.75) is 18.9 Å². The smallest absolute Gasteiger partial charge is 0.256 e. The van der Waals surface area contributed by atoms with Crippen molar-refractivity contribution in [2.75, 3.05) is 25.0 Å². The van der Waals surface area contributed by atoms with Crippen LogP contribution < -0.4 is 0 Å². The molecule has 0 unspecified atom stereocenters. The van der Waals surface area contributed by atoms with Gasteiger partial charge in [0.05, 0.1) is 18.3 Å². The Morgan fingerprint density at radius 3 is 2.70 bits per heavy atom. The molecule has 6 heteroatoms. The molecule has 1 aliphatic heterocycles. The summed E-state index contributed by atoms with van der Waals surface area (Å²) >= 11 is 3.29. The lowest BCUT2D eigenvalue weighted by molar-refractivity contribution is 0.0158. The Hall–Kier alpha value is -1.01. The maximum atomic E-state index is 13.6. The number of carbonyl (C=O) groups is 1. The van der Waals surface area contributed by atoms with Crippen LogP contribution in [0.25, 0.3) is 0 Å². The van der Waals surface area contributed by atoms with E-state index < -0.39 is 17.5 Å². The van der Waals surface area contributed by atoms with E-state index in [1.165, 1.54) is 12.1 Å². The molecule has 20 heavy (non-hydrogen) atoms. The number of likely N-dealkylation sites (tertiary alicyclic amines) is 1. The summed E-state index contributed by atoms with van der Waals surface area (Å²) in [5.41, 5.74) is -0.204. The van der Waals surface area contributed by atoms with Crippen molar-refractivity contribution in [3.8, 4) is 0 Å². The molecule has 1 saturated heterocycles. The highest BCUT2D eigenvalue weighted by atomic mass is 79.9. The molecule has 0 aromatic heterocycles. The average Bonchev–Trinajstić information content (AvgIpc) is 2.48. The largest absolute Gasteiger partial charge is 0.377 e. The molecular formula is C14H16BrF2NO2. The van der Waals surface area contributed by atoms with E-state index in [1.807, 2.05) is 0 Å². The lowest BCUT2D eigenvalue weighted by atomic mass is 10.1. The number of nitrogens with zero attached hydrogens (tertiary/aromatic N) is 1. The molecule has 1 fully saturated rings. The molecule has 0 atom stereocenters. The van der Waals surface area contributed by atoms with Crippen LogP contribution in [0.4, 0.5) is 8.78 Å². The monoisotopic (exact) mass is 347 g/mol. The molecule has 2 rings (SSSR count). The van der Waals surface area contributed by atoms with E-state index in [0.717, 1.165) is 24.2 Å². The Labute approximate surface area is 125 Å². The fourth-order valence-corrected chi connectivity index (χ4v) is 2.46. The molecule has 0 radical (unpaired) electrons. The van der Waals surface area contributed by atoms with Gasteiger partial charge in [0, 0.05) is 18.4 Å². The minimum absolute atomic E-state index is 0.133. The van der Waals surface area contributed by atoms with Gasteiger partial charge < -0.3 is 9.64 Å². The predicted octanol–water partition coefficient (Wildman–Crippen LogP) is 2.98. The van der Waals surface area contributed by atoms with Crippen LogP contribution in [0.2, 0.25) is 0 Å². The fraction of sp³-hybridized carbons (Fsp3) is 0.500. The molecule has 110 valence electrons. The molecular weight excluding hydrogens is 332 g/mol. The van der Waals surface area contributed by atoms with Gasteiger partial charge in [-0.3, -0.25) is 4.79 Å². The number of ether oxygens (including phenoxy) is 1. The maximum absolute atomic E-state index is 13.6. The third-order valence-electron chi connectivity index (χ3n) is 3.34. The van der Waals surface area contributed by atoms with E-state index in [0.29, 0.717) is 19.7 Å². The second-order valence-corrected chi connectivity index (χ2v) is 5.45. The lowest BCUT2D eigenvalue weighted by Gasteiger charge is -2.32. The molecule has 1 aromatic rings. The van der Waals surface area contributed by atoms with Gasteiger partial charge >= 0.3 is 0 Å². The zero-order valence-electron chi connectivity index (χ0n) is 10.9. The average molecular weight is 348 g/mol. The fourth-order valence-electron chi connectivity index (χ4n) is 2.28. The van der Waals surface area contributed by atoms with Crippen molar-refractivity contribution in [3.63, 3.8) is 0 Å². The summed E-state index contributed by atoms with van der Waals surface area (Å²) in [4.78, 5) is 13.7. The third kappa shape index (κ3) is 3.55. The van der Waals surface area contributed by atoms with E-state index in [1.54, 1.807) is 4.90 Å². The quantitative estimate of drug-likeness (QED) is 0.783. The standard InChI is InChI=1S/C14H16BrF2NO2/c15-6-9-20-10-4-7-18(8-5-10)14(19)11-2-1-3-12(16)13(11)17/h1-3,10H,4-9H2. The molecule has 1 aliphatic rings. The molecule has 0 bridgehead atoms. The van der Waals surface area contributed by atoms with Crippen molar-refractivity contribution in [3.05, 3.63) is 35.4 Å². The van der Waals surface area contributed by atoms with E-state index in [4.69, 9.17) is 4.74 Å². The van der Waals surface area contributed by atoms with Crippen LogP contribution in [0.1, 0.15) is 23.2 Å². The highest BCUT2D eigenvalue weighted by molar-refractivity contribution is 9.09. The van der Waals surface area contributed by atoms with Crippen molar-refractivity contribution in [2.24, 2.45) is 0 Å². The van der Waals surface area contributed by atoms with Crippen LogP contribution in [-0.2, 0) is 4.74 Å². The summed E-state index contributed by atoms with van der Waals surface area (Å²) in [5, 5.41) is 0.778. The van der Waals surface area contributed by atoms with E-state index in [-0.39, 0.29) is 11.7 Å². The first-order chi connectivity index (χ1) is 9.63. The third-order valence-corrected chi connectivity index (χ3v) is 3.67. The second kappa shape index (κ2) is 7.13. The Bertz CT molecular complexity index is 476. The Morgan fingerprint density at radius 1 is 1.35 bits per heavy atom. The van der Waals surface area contributed by atoms with Gasteiger partial charge in [0.15, 0.2) is 11.6 Å². The number of alkyl halides is 1. The van der Waals surface area contributed by atoms with Gasteiger partial charge in [0.1, 0.15) is 0 Å². The first-order valence-electron chi connectivity index (χ1n) is 6.54. The summed E-state index contributed by atoms with van der Waals surface area (Å²) < 4.78 is 32.3. The normalized spacial score (nSPS) is 16.4. The van der Waals surface area contributed by atoms with Gasteiger partial charge in [0.25, 0.3) is 5.91 Å². The van der Waals surface area contributed by atoms with Crippen LogP contribution in [0, 0.1) is 11.6 Å². The Balaban J connectivity index is 1.96. The summed E-state index contributed by atoms with van der Waals surface area (Å²) in [6, 6.07) is 3.66. The number of piperidine rings is 1. The lowest BCUT2D eigenvalue weighted by Crippen LogP contribution is -2.41. The first kappa shape index (κ1) is 15.4. The Kier molecular flexibility index (Phi) is 5.48. The van der Waals surface area contributed by atoms with Crippen molar-refractivity contribution < 1.29 is 18.3 Å². The number of halogens is 3. The van der Waals surface area contributed by atoms with E-state index in [2.05, 4.69) is 15.9 Å². The zero-order valence-corrected chi connectivity index (χ0v) is 12.5. The highest BCUT2D eigenvalue weighted by Crippen LogP contribution is 2.19. The molecule has 0 spiro atoms. The predicted molar refractivity (Wildman–Crippen MR) is 75.0 cm³/mol. The number of hydrogen-bond donors (Lipinski definition) is 0. The minimum Gasteiger partial charge on any atom is -0.377 e. The molecule has 0 saturated carbocycles. The molecule has 1 heterocycles. The van der Waals surface area contributed by atoms with Crippen LogP contribution in [0.3, 0.4) is 0 Å². The van der Waals surface area contributed by atoms with E-state index >= 15 is 0 Å². The first-order valence-corrected chi connectivity index (χ1v) is 7.66. The number of benzene rings is 1. The molecule has 3 nitrogen and oxygen atoms in total. The van der Waals surface area contributed by atoms with Crippen LogP contribution in [-0.4, -0.2) is 41.9 Å². The van der Waals surface area contributed by atoms with Crippen molar-refractivity contribution >= 4 is 21.8 Å². The zero-order chi connectivity index (χ0) is 14.5. The SMILES string of the molecule is O=C(c1cccc(F)c1F)N1CCC(OCCBr)CC1. The molecule has 1 aromatic carbocycles. The summed E-state index contributed by atoms with van der Waals surface area (Å²) in [7, 11) is 0. The topological polar surface area (TPSA) is 29.5 Å². The van der Waals surface area contributed by atoms with Crippen LogP contribution >= 0.6 is 15.9 Å². The molecule has 0 N–H and O–H groups in total. The van der Waals surface area contributed by atoms with Gasteiger partial charge in [-0.05, 0) is 25.0 Å². The maximum Gasteiger partial charge on any atom is 0.256 e. The van der Waals surface area contributed by atoms with Crippen molar-refractivity contribution in [1.29, 1.82) is 0 Å². The van der Waals surface area contributed by atoms with Gasteiger partial charge in [-0.2, -0.15) is 0 Å². The minimum atomic E-state index is -1.07. The van der Waals surface area contributed by atoms with Crippen molar-refractivity contribution in [1.82, 2.24) is 4.90 Å². The summed E-state index contributed by atoms with van der Waals surface area (Å²) in [6.45, 7) is 1.64. The van der Waals surface area contributed by atoms with Gasteiger partial charge in [-0.15, -0.1) is 0 Å². The van der Waals surface area contributed by atoms with Crippen LogP contribution in [0.15, 0.2) is 18.2 Å². The number of rotatable bonds is 4. The molecule has 0 aliphatic carbocycles. The van der Waals surface area contributed by atoms with Gasteiger partial charge in [-0.25, -0.2) is 8.78 Å². The Morgan fingerprint density at radius 2 is 2.05 bits per heavy atom. The number of hydrogen-bond acceptors (Lipinski definition) is 2. The number of carbonyl (C=O) groups excluding carboxylic acids is 1. The summed E-state index contributed by atoms with van der Waals surface area (Å²) in [6.07, 6.45) is 1.57. The molecule has 1 amide bonds. The van der Waals surface area contributed by atoms with Crippen LogP contribution in [0.5, 0.6) is 0 Å². The summed E-state index contributed by atoms with van der Waals surface area (Å²) in [5.74, 6) is -2.53. The number of amides is 1. The van der Waals surface area contributed by atoms with E-state index in [9.17, 15) is 13.6 Å².